The number of aromatic nitrogens is 1. The molecule has 7 heteroatoms. The molecule has 2 bridgehead atoms. The molecule has 1 amide bonds. The Labute approximate surface area is 201 Å². The van der Waals surface area contributed by atoms with Crippen molar-refractivity contribution in [3.05, 3.63) is 64.1 Å². The maximum Gasteiger partial charge on any atom is 0.503 e. The standard InChI is InChI=1S/C25H25BrN2O.CH2O3/c1-16-22(24(29)28-25-12-9-17(10-13-25)11-14-25)20-15-19(26)7-8-21(20)27-23(16)18-5-3-2-4-6-18;2-1(3)4/h2-8,15,17H,9-14H2,1H3,(H,28,29);(H2,2,3,4). The van der Waals surface area contributed by atoms with Crippen molar-refractivity contribution in [1.82, 2.24) is 10.3 Å². The van der Waals surface area contributed by atoms with Crippen molar-refractivity contribution in [2.75, 3.05) is 0 Å². The smallest absolute Gasteiger partial charge is 0.450 e. The molecular weight excluding hydrogens is 484 g/mol. The summed E-state index contributed by atoms with van der Waals surface area (Å²) in [5.74, 6) is 0.920. The summed E-state index contributed by atoms with van der Waals surface area (Å²) in [6.45, 7) is 2.03. The Morgan fingerprint density at radius 1 is 1.03 bits per heavy atom. The highest BCUT2D eigenvalue weighted by molar-refractivity contribution is 9.10. The molecule has 3 aliphatic rings. The van der Waals surface area contributed by atoms with Gasteiger partial charge in [0.25, 0.3) is 5.91 Å². The van der Waals surface area contributed by atoms with Gasteiger partial charge in [-0.15, -0.1) is 0 Å². The van der Waals surface area contributed by atoms with Crippen LogP contribution in [0.3, 0.4) is 0 Å². The highest BCUT2D eigenvalue weighted by Gasteiger charge is 2.41. The number of nitrogens with one attached hydrogen (secondary N) is 1. The molecule has 2 aromatic carbocycles. The molecule has 3 N–H and O–H groups in total. The van der Waals surface area contributed by atoms with E-state index in [4.69, 9.17) is 20.0 Å². The molecule has 172 valence electrons. The molecule has 0 saturated heterocycles. The number of carbonyl (C=O) groups is 2. The van der Waals surface area contributed by atoms with E-state index in [-0.39, 0.29) is 11.4 Å². The molecule has 6 nitrogen and oxygen atoms in total. The highest BCUT2D eigenvalue weighted by atomic mass is 79.9. The van der Waals surface area contributed by atoms with Crippen LogP contribution in [-0.4, -0.2) is 32.8 Å². The van der Waals surface area contributed by atoms with Crippen LogP contribution in [0.1, 0.15) is 54.4 Å². The van der Waals surface area contributed by atoms with Crippen molar-refractivity contribution in [1.29, 1.82) is 0 Å². The van der Waals surface area contributed by atoms with Crippen molar-refractivity contribution in [2.45, 2.75) is 51.0 Å². The molecule has 0 aliphatic heterocycles. The lowest BCUT2D eigenvalue weighted by Gasteiger charge is -2.47. The van der Waals surface area contributed by atoms with Gasteiger partial charge in [0.2, 0.25) is 0 Å². The number of hydrogen-bond acceptors (Lipinski definition) is 3. The van der Waals surface area contributed by atoms with Gasteiger partial charge >= 0.3 is 6.16 Å². The number of pyridine rings is 1. The number of halogens is 1. The Bertz CT molecular complexity index is 1170. The molecule has 0 atom stereocenters. The number of rotatable bonds is 3. The molecule has 3 saturated carbocycles. The van der Waals surface area contributed by atoms with Crippen LogP contribution >= 0.6 is 15.9 Å². The van der Waals surface area contributed by atoms with Crippen LogP contribution in [0.2, 0.25) is 0 Å². The fourth-order valence-corrected chi connectivity index (χ4v) is 5.60. The maximum absolute atomic E-state index is 13.7. The van der Waals surface area contributed by atoms with E-state index in [2.05, 4.69) is 33.4 Å². The predicted octanol–water partition coefficient (Wildman–Crippen LogP) is 6.65. The number of benzene rings is 2. The first-order valence-corrected chi connectivity index (χ1v) is 12.0. The third-order valence-corrected chi connectivity index (χ3v) is 7.43. The predicted molar refractivity (Wildman–Crippen MR) is 132 cm³/mol. The van der Waals surface area contributed by atoms with Crippen LogP contribution in [0.25, 0.3) is 22.2 Å². The number of hydrogen-bond donors (Lipinski definition) is 3. The molecule has 3 aliphatic carbocycles. The molecular formula is C26H27BrN2O4. The van der Waals surface area contributed by atoms with Crippen molar-refractivity contribution in [3.63, 3.8) is 0 Å². The van der Waals surface area contributed by atoms with Gasteiger partial charge in [0, 0.05) is 21.0 Å². The Balaban J connectivity index is 0.000000601. The van der Waals surface area contributed by atoms with E-state index in [1.54, 1.807) is 0 Å². The van der Waals surface area contributed by atoms with Crippen LogP contribution in [-0.2, 0) is 0 Å². The van der Waals surface area contributed by atoms with Gasteiger partial charge in [-0.25, -0.2) is 9.78 Å². The van der Waals surface area contributed by atoms with Gasteiger partial charge in [-0.2, -0.15) is 0 Å². The summed E-state index contributed by atoms with van der Waals surface area (Å²) >= 11 is 3.57. The summed E-state index contributed by atoms with van der Waals surface area (Å²) in [5, 5.41) is 18.3. The number of carboxylic acid groups (broad SMARTS) is 2. The summed E-state index contributed by atoms with van der Waals surface area (Å²) in [6, 6.07) is 16.2. The van der Waals surface area contributed by atoms with Crippen molar-refractivity contribution < 1.29 is 19.8 Å². The number of amides is 1. The fourth-order valence-electron chi connectivity index (χ4n) is 5.24. The monoisotopic (exact) mass is 510 g/mol. The van der Waals surface area contributed by atoms with Gasteiger partial charge in [-0.1, -0.05) is 46.3 Å². The van der Waals surface area contributed by atoms with Crippen LogP contribution in [0.5, 0.6) is 0 Å². The Kier molecular flexibility index (Phi) is 6.70. The second-order valence-electron chi connectivity index (χ2n) is 8.99. The van der Waals surface area contributed by atoms with Crippen LogP contribution in [0, 0.1) is 12.8 Å². The first-order valence-electron chi connectivity index (χ1n) is 11.2. The van der Waals surface area contributed by atoms with Gasteiger partial charge < -0.3 is 15.5 Å². The number of carbonyl (C=O) groups excluding carboxylic acids is 1. The van der Waals surface area contributed by atoms with E-state index in [1.807, 2.05) is 43.3 Å². The minimum Gasteiger partial charge on any atom is -0.450 e. The maximum atomic E-state index is 13.7. The summed E-state index contributed by atoms with van der Waals surface area (Å²) < 4.78 is 0.962. The minimum atomic E-state index is -1.83. The van der Waals surface area contributed by atoms with E-state index < -0.39 is 6.16 Å². The lowest BCUT2D eigenvalue weighted by Crippen LogP contribution is -2.53. The molecule has 0 radical (unpaired) electrons. The molecule has 0 unspecified atom stereocenters. The molecule has 3 fully saturated rings. The average Bonchev–Trinajstić information content (AvgIpc) is 2.79. The van der Waals surface area contributed by atoms with Gasteiger partial charge in [0.1, 0.15) is 0 Å². The summed E-state index contributed by atoms with van der Waals surface area (Å²) in [6.07, 6.45) is 5.24. The van der Waals surface area contributed by atoms with Gasteiger partial charge in [0.05, 0.1) is 16.8 Å². The van der Waals surface area contributed by atoms with E-state index in [9.17, 15) is 4.79 Å². The first kappa shape index (κ1) is 23.2. The van der Waals surface area contributed by atoms with Crippen molar-refractivity contribution in [3.8, 4) is 11.3 Å². The molecule has 1 aromatic heterocycles. The van der Waals surface area contributed by atoms with Crippen LogP contribution in [0.15, 0.2) is 53.0 Å². The largest absolute Gasteiger partial charge is 0.503 e. The second-order valence-corrected chi connectivity index (χ2v) is 9.90. The molecule has 3 aromatic rings. The zero-order valence-corrected chi connectivity index (χ0v) is 20.1. The summed E-state index contributed by atoms with van der Waals surface area (Å²) in [4.78, 5) is 27.1. The van der Waals surface area contributed by atoms with Crippen LogP contribution < -0.4 is 5.32 Å². The number of fused-ring (bicyclic) bond motifs is 4. The van der Waals surface area contributed by atoms with E-state index in [0.29, 0.717) is 0 Å². The van der Waals surface area contributed by atoms with E-state index in [1.165, 1.54) is 19.3 Å². The Morgan fingerprint density at radius 3 is 2.24 bits per heavy atom. The quantitative estimate of drug-likeness (QED) is 0.366. The molecule has 6 rings (SSSR count). The van der Waals surface area contributed by atoms with Crippen LogP contribution in [0.4, 0.5) is 4.79 Å². The SMILES string of the molecule is Cc1c(-c2ccccc2)nc2ccc(Br)cc2c1C(=O)NC12CCC(CC1)CC2.O=C(O)O. The average molecular weight is 511 g/mol. The van der Waals surface area contributed by atoms with Crippen molar-refractivity contribution >= 4 is 38.9 Å². The van der Waals surface area contributed by atoms with Gasteiger partial charge in [0.15, 0.2) is 0 Å². The highest BCUT2D eigenvalue weighted by Crippen LogP contribution is 2.44. The van der Waals surface area contributed by atoms with Crippen molar-refractivity contribution in [2.24, 2.45) is 5.92 Å². The van der Waals surface area contributed by atoms with E-state index >= 15 is 0 Å². The third kappa shape index (κ3) is 5.03. The topological polar surface area (TPSA) is 99.5 Å². The summed E-state index contributed by atoms with van der Waals surface area (Å²) in [7, 11) is 0. The molecule has 0 spiro atoms. The lowest BCUT2D eigenvalue weighted by molar-refractivity contribution is 0.0715. The lowest BCUT2D eigenvalue weighted by atomic mass is 9.65. The summed E-state index contributed by atoms with van der Waals surface area (Å²) in [5.41, 5.74) is 4.47. The molecule has 1 heterocycles. The minimum absolute atomic E-state index is 0.0210. The fraction of sp³-hybridized carbons (Fsp3) is 0.346. The Morgan fingerprint density at radius 2 is 1.64 bits per heavy atom. The second kappa shape index (κ2) is 9.51. The zero-order chi connectivity index (χ0) is 23.6. The normalized spacial score (nSPS) is 21.2. The number of nitrogens with zero attached hydrogens (tertiary/aromatic N) is 1. The Hall–Kier alpha value is -2.93. The first-order chi connectivity index (χ1) is 15.8. The van der Waals surface area contributed by atoms with Gasteiger partial charge in [-0.3, -0.25) is 4.79 Å². The van der Waals surface area contributed by atoms with Gasteiger partial charge in [-0.05, 0) is 75.1 Å². The third-order valence-electron chi connectivity index (χ3n) is 6.94. The molecule has 33 heavy (non-hydrogen) atoms. The van der Waals surface area contributed by atoms with E-state index in [0.717, 1.165) is 62.9 Å². The zero-order valence-electron chi connectivity index (χ0n) is 18.5.